The van der Waals surface area contributed by atoms with Crippen molar-refractivity contribution in [1.29, 1.82) is 0 Å². The van der Waals surface area contributed by atoms with Gasteiger partial charge in [0.1, 0.15) is 0 Å². The molecule has 0 aromatic heterocycles. The Kier molecular flexibility index (Phi) is 3.99. The van der Waals surface area contributed by atoms with Gasteiger partial charge in [0.2, 0.25) is 5.44 Å². The summed E-state index contributed by atoms with van der Waals surface area (Å²) in [6, 6.07) is 16.3. The maximum absolute atomic E-state index is 10.8. The van der Waals surface area contributed by atoms with Crippen LogP contribution in [0.5, 0.6) is 0 Å². The Morgan fingerprint density at radius 3 is 1.95 bits per heavy atom. The summed E-state index contributed by atoms with van der Waals surface area (Å²) in [5, 5.41) is 9.40. The number of hydrogen-bond donors (Lipinski definition) is 2. The lowest BCUT2D eigenvalue weighted by atomic mass is 10.0. The Balaban J connectivity index is 2.15. The van der Waals surface area contributed by atoms with Crippen molar-refractivity contribution in [2.24, 2.45) is 0 Å². The van der Waals surface area contributed by atoms with Crippen LogP contribution in [0.4, 0.5) is 0 Å². The highest BCUT2D eigenvalue weighted by Gasteiger charge is 2.21. The summed E-state index contributed by atoms with van der Waals surface area (Å²) in [4.78, 5) is 0. The van der Waals surface area contributed by atoms with E-state index in [1.807, 2.05) is 30.3 Å². The lowest BCUT2D eigenvalue weighted by molar-refractivity contribution is 0.238. The van der Waals surface area contributed by atoms with Gasteiger partial charge in [0.25, 0.3) is 10.1 Å². The molecule has 0 saturated carbocycles. The summed E-state index contributed by atoms with van der Waals surface area (Å²) in [7, 11) is -4.47. The van der Waals surface area contributed by atoms with Crippen LogP contribution in [-0.4, -0.2) is 18.1 Å². The van der Waals surface area contributed by atoms with Gasteiger partial charge in [-0.1, -0.05) is 54.6 Å². The minimum atomic E-state index is -4.47. The predicted octanol–water partition coefficient (Wildman–Crippen LogP) is 2.16. The third-order valence-electron chi connectivity index (χ3n) is 2.80. The van der Waals surface area contributed by atoms with Gasteiger partial charge in [-0.05, 0) is 23.1 Å². The van der Waals surface area contributed by atoms with Crippen molar-refractivity contribution in [3.05, 3.63) is 71.3 Å². The molecule has 0 heterocycles. The van der Waals surface area contributed by atoms with Crippen LogP contribution in [0.15, 0.2) is 54.6 Å². The van der Waals surface area contributed by atoms with E-state index in [-0.39, 0.29) is 5.56 Å². The van der Waals surface area contributed by atoms with Crippen molar-refractivity contribution in [1.82, 2.24) is 0 Å². The number of hydrogen-bond acceptors (Lipinski definition) is 3. The monoisotopic (exact) mass is 278 g/mol. The molecule has 0 aliphatic carbocycles. The predicted molar refractivity (Wildman–Crippen MR) is 72.2 cm³/mol. The van der Waals surface area contributed by atoms with Crippen molar-refractivity contribution >= 4 is 10.1 Å². The van der Waals surface area contributed by atoms with E-state index in [0.29, 0.717) is 0 Å². The largest absolute Gasteiger partial charge is 0.371 e. The minimum Gasteiger partial charge on any atom is -0.371 e. The molecule has 4 nitrogen and oxygen atoms in total. The SMILES string of the molecule is O=S(=O)(O)C(O)c1ccc(Cc2ccccc2)cc1. The molecule has 0 saturated heterocycles. The summed E-state index contributed by atoms with van der Waals surface area (Å²) in [5.41, 5.74) is 0.403. The smallest absolute Gasteiger partial charge is 0.296 e. The van der Waals surface area contributed by atoms with Crippen LogP contribution in [0.3, 0.4) is 0 Å². The van der Waals surface area contributed by atoms with Crippen LogP contribution < -0.4 is 0 Å². The van der Waals surface area contributed by atoms with Crippen LogP contribution >= 0.6 is 0 Å². The zero-order chi connectivity index (χ0) is 13.9. The van der Waals surface area contributed by atoms with Crippen molar-refractivity contribution in [3.63, 3.8) is 0 Å². The number of aliphatic hydroxyl groups is 1. The van der Waals surface area contributed by atoms with Crippen LogP contribution in [0, 0.1) is 0 Å². The van der Waals surface area contributed by atoms with Crippen molar-refractivity contribution in [2.45, 2.75) is 11.9 Å². The van der Waals surface area contributed by atoms with Gasteiger partial charge in [-0.3, -0.25) is 4.55 Å². The molecule has 1 unspecified atom stereocenters. The number of rotatable bonds is 4. The molecule has 0 bridgehead atoms. The Hall–Kier alpha value is -1.69. The molecule has 100 valence electrons. The highest BCUT2D eigenvalue weighted by atomic mass is 32.2. The van der Waals surface area contributed by atoms with E-state index < -0.39 is 15.6 Å². The first-order chi connectivity index (χ1) is 8.97. The molecule has 0 fully saturated rings. The number of benzene rings is 2. The molecule has 5 heteroatoms. The van der Waals surface area contributed by atoms with E-state index in [0.717, 1.165) is 17.5 Å². The molecule has 2 aromatic rings. The summed E-state index contributed by atoms with van der Waals surface area (Å²) >= 11 is 0. The van der Waals surface area contributed by atoms with Gasteiger partial charge < -0.3 is 5.11 Å². The van der Waals surface area contributed by atoms with E-state index in [4.69, 9.17) is 4.55 Å². The zero-order valence-electron chi connectivity index (χ0n) is 10.1. The van der Waals surface area contributed by atoms with Crippen molar-refractivity contribution in [2.75, 3.05) is 0 Å². The molecule has 2 aromatic carbocycles. The zero-order valence-corrected chi connectivity index (χ0v) is 10.9. The Bertz CT molecular complexity index is 633. The molecule has 19 heavy (non-hydrogen) atoms. The van der Waals surface area contributed by atoms with Gasteiger partial charge in [0.05, 0.1) is 0 Å². The molecule has 0 amide bonds. The summed E-state index contributed by atoms with van der Waals surface area (Å²) in [6.45, 7) is 0. The lowest BCUT2D eigenvalue weighted by Gasteiger charge is -2.08. The summed E-state index contributed by atoms with van der Waals surface area (Å²) in [5.74, 6) is 0. The quantitative estimate of drug-likeness (QED) is 0.840. The van der Waals surface area contributed by atoms with E-state index in [1.165, 1.54) is 12.1 Å². The van der Waals surface area contributed by atoms with Gasteiger partial charge in [0, 0.05) is 0 Å². The maximum atomic E-state index is 10.8. The molecule has 0 aliphatic heterocycles. The highest BCUT2D eigenvalue weighted by Crippen LogP contribution is 2.19. The van der Waals surface area contributed by atoms with Crippen LogP contribution in [-0.2, 0) is 16.5 Å². The van der Waals surface area contributed by atoms with E-state index >= 15 is 0 Å². The summed E-state index contributed by atoms with van der Waals surface area (Å²) in [6.07, 6.45) is 0.725. The second-order valence-corrected chi connectivity index (χ2v) is 5.75. The number of aliphatic hydroxyl groups excluding tert-OH is 1. The second kappa shape index (κ2) is 5.52. The fourth-order valence-corrected chi connectivity index (χ4v) is 2.30. The topological polar surface area (TPSA) is 74.6 Å². The van der Waals surface area contributed by atoms with Gasteiger partial charge >= 0.3 is 0 Å². The second-order valence-electron chi connectivity index (χ2n) is 4.27. The third kappa shape index (κ3) is 3.64. The highest BCUT2D eigenvalue weighted by molar-refractivity contribution is 7.85. The minimum absolute atomic E-state index is 0.152. The normalized spacial score (nSPS) is 13.2. The molecule has 2 rings (SSSR count). The first kappa shape index (κ1) is 13.7. The Morgan fingerprint density at radius 1 is 0.895 bits per heavy atom. The third-order valence-corrected chi connectivity index (χ3v) is 3.63. The first-order valence-corrected chi connectivity index (χ1v) is 7.24. The molecular weight excluding hydrogens is 264 g/mol. The first-order valence-electron chi connectivity index (χ1n) is 5.74. The van der Waals surface area contributed by atoms with Crippen molar-refractivity contribution < 1.29 is 18.1 Å². The molecule has 0 aliphatic rings. The van der Waals surface area contributed by atoms with Crippen LogP contribution in [0.2, 0.25) is 0 Å². The van der Waals surface area contributed by atoms with Gasteiger partial charge in [-0.2, -0.15) is 8.42 Å². The molecule has 2 N–H and O–H groups in total. The fraction of sp³-hybridized carbons (Fsp3) is 0.143. The average molecular weight is 278 g/mol. The van der Waals surface area contributed by atoms with Crippen LogP contribution in [0.25, 0.3) is 0 Å². The Morgan fingerprint density at radius 2 is 1.42 bits per heavy atom. The van der Waals surface area contributed by atoms with Gasteiger partial charge in [0.15, 0.2) is 0 Å². The van der Waals surface area contributed by atoms with Gasteiger partial charge in [-0.25, -0.2) is 0 Å². The summed E-state index contributed by atoms with van der Waals surface area (Å²) < 4.78 is 30.4. The lowest BCUT2D eigenvalue weighted by Crippen LogP contribution is -2.11. The standard InChI is InChI=1S/C14H14O4S/c15-14(19(16,17)18)13-8-6-12(7-9-13)10-11-4-2-1-3-5-11/h1-9,14-15H,10H2,(H,16,17,18). The molecule has 0 radical (unpaired) electrons. The molecular formula is C14H14O4S. The molecule has 0 spiro atoms. The maximum Gasteiger partial charge on any atom is 0.296 e. The van der Waals surface area contributed by atoms with Crippen LogP contribution in [0.1, 0.15) is 22.1 Å². The van der Waals surface area contributed by atoms with E-state index in [9.17, 15) is 13.5 Å². The van der Waals surface area contributed by atoms with Crippen molar-refractivity contribution in [3.8, 4) is 0 Å². The average Bonchev–Trinajstić information content (AvgIpc) is 2.39. The van der Waals surface area contributed by atoms with Gasteiger partial charge in [-0.15, -0.1) is 0 Å². The van der Waals surface area contributed by atoms with E-state index in [2.05, 4.69) is 0 Å². The fourth-order valence-electron chi connectivity index (χ4n) is 1.80. The van der Waals surface area contributed by atoms with E-state index in [1.54, 1.807) is 12.1 Å². The Labute approximate surface area is 112 Å². The molecule has 1 atom stereocenters.